The predicted molar refractivity (Wildman–Crippen MR) is 114 cm³/mol. The van der Waals surface area contributed by atoms with Crippen LogP contribution < -0.4 is 4.72 Å². The zero-order valence-corrected chi connectivity index (χ0v) is 17.5. The Morgan fingerprint density at radius 3 is 2.60 bits per heavy atom. The highest BCUT2D eigenvalue weighted by molar-refractivity contribution is 7.93. The minimum absolute atomic E-state index is 0.203. The topological polar surface area (TPSA) is 93.5 Å². The molecule has 9 heteroatoms. The number of fused-ring (bicyclic) bond motifs is 1. The molecule has 1 N–H and O–H groups in total. The molecule has 0 aliphatic carbocycles. The number of likely N-dealkylation sites (tertiary alicyclic amines) is 1. The van der Waals surface area contributed by atoms with Crippen molar-refractivity contribution in [1.82, 2.24) is 14.7 Å². The van der Waals surface area contributed by atoms with E-state index >= 15 is 0 Å². The fourth-order valence-corrected chi connectivity index (χ4v) is 5.18. The van der Waals surface area contributed by atoms with E-state index in [1.54, 1.807) is 35.0 Å². The second kappa shape index (κ2) is 8.35. The van der Waals surface area contributed by atoms with Crippen LogP contribution in [0.3, 0.4) is 0 Å². The number of sulfonamides is 1. The van der Waals surface area contributed by atoms with E-state index in [0.29, 0.717) is 31.6 Å². The van der Waals surface area contributed by atoms with Gasteiger partial charge >= 0.3 is 6.09 Å². The van der Waals surface area contributed by atoms with Crippen molar-refractivity contribution in [3.05, 3.63) is 60.3 Å². The van der Waals surface area contributed by atoms with Crippen LogP contribution in [-0.2, 0) is 28.4 Å². The number of para-hydroxylation sites is 1. The highest BCUT2D eigenvalue weighted by Crippen LogP contribution is 2.26. The van der Waals surface area contributed by atoms with Crippen LogP contribution in [-0.4, -0.2) is 47.5 Å². The number of carbonyl (C=O) groups is 1. The summed E-state index contributed by atoms with van der Waals surface area (Å²) in [4.78, 5) is 13.9. The number of hydrogen-bond acceptors (Lipinski definition) is 5. The lowest BCUT2D eigenvalue weighted by Gasteiger charge is -2.31. The number of ether oxygens (including phenoxy) is 1. The van der Waals surface area contributed by atoms with E-state index in [9.17, 15) is 13.2 Å². The van der Waals surface area contributed by atoms with E-state index < -0.39 is 21.4 Å². The van der Waals surface area contributed by atoms with Gasteiger partial charge in [-0.05, 0) is 24.5 Å². The minimum atomic E-state index is -3.60. The Balaban J connectivity index is 1.36. The molecule has 3 aromatic rings. The van der Waals surface area contributed by atoms with Gasteiger partial charge in [-0.25, -0.2) is 13.2 Å². The van der Waals surface area contributed by atoms with E-state index in [0.717, 1.165) is 16.5 Å². The van der Waals surface area contributed by atoms with Crippen LogP contribution >= 0.6 is 0 Å². The number of piperidine rings is 1. The van der Waals surface area contributed by atoms with Crippen LogP contribution in [0.1, 0.15) is 18.4 Å². The van der Waals surface area contributed by atoms with E-state index in [-0.39, 0.29) is 6.61 Å². The van der Waals surface area contributed by atoms with Gasteiger partial charge in [-0.1, -0.05) is 42.5 Å². The number of aromatic nitrogens is 2. The Bertz CT molecular complexity index is 1140. The van der Waals surface area contributed by atoms with Gasteiger partial charge in [0.25, 0.3) is 0 Å². The predicted octanol–water partition coefficient (Wildman–Crippen LogP) is 3.12. The van der Waals surface area contributed by atoms with Crippen LogP contribution in [0.4, 0.5) is 10.5 Å². The maximum Gasteiger partial charge on any atom is 0.410 e. The zero-order valence-electron chi connectivity index (χ0n) is 16.7. The first-order valence-electron chi connectivity index (χ1n) is 9.82. The number of benzene rings is 2. The van der Waals surface area contributed by atoms with Crippen molar-refractivity contribution in [3.8, 4) is 0 Å². The second-order valence-electron chi connectivity index (χ2n) is 7.39. The molecule has 1 aliphatic rings. The Kier molecular flexibility index (Phi) is 5.63. The molecule has 1 aromatic heterocycles. The van der Waals surface area contributed by atoms with Gasteiger partial charge in [-0.3, -0.25) is 9.40 Å². The van der Waals surface area contributed by atoms with E-state index in [4.69, 9.17) is 4.74 Å². The smallest absolute Gasteiger partial charge is 0.410 e. The molecule has 30 heavy (non-hydrogen) atoms. The van der Waals surface area contributed by atoms with Gasteiger partial charge < -0.3 is 9.64 Å². The Hall–Kier alpha value is -3.07. The molecule has 1 saturated heterocycles. The summed E-state index contributed by atoms with van der Waals surface area (Å²) in [5.41, 5.74) is 2.16. The highest BCUT2D eigenvalue weighted by Gasteiger charge is 2.32. The van der Waals surface area contributed by atoms with Gasteiger partial charge in [0.15, 0.2) is 0 Å². The van der Waals surface area contributed by atoms with Gasteiger partial charge in [0.05, 0.1) is 22.7 Å². The lowest BCUT2D eigenvalue weighted by atomic mass is 10.1. The van der Waals surface area contributed by atoms with Crippen molar-refractivity contribution in [2.75, 3.05) is 17.8 Å². The number of anilines is 1. The molecular formula is C21H24N4O4S. The molecule has 0 unspecified atom stereocenters. The Labute approximate surface area is 175 Å². The van der Waals surface area contributed by atoms with Gasteiger partial charge in [-0.2, -0.15) is 5.10 Å². The van der Waals surface area contributed by atoms with Crippen molar-refractivity contribution in [2.24, 2.45) is 7.05 Å². The maximum atomic E-state index is 12.9. The fraction of sp³-hybridized carbons (Fsp3) is 0.333. The molecule has 0 bridgehead atoms. The summed E-state index contributed by atoms with van der Waals surface area (Å²) in [5, 5.41) is 4.49. The molecule has 158 valence electrons. The molecule has 1 amide bonds. The maximum absolute atomic E-state index is 12.9. The van der Waals surface area contributed by atoms with Crippen molar-refractivity contribution in [1.29, 1.82) is 0 Å². The van der Waals surface area contributed by atoms with Crippen LogP contribution in [0.2, 0.25) is 0 Å². The number of rotatable bonds is 5. The summed E-state index contributed by atoms with van der Waals surface area (Å²) in [7, 11) is -1.82. The third kappa shape index (κ3) is 4.25. The summed E-state index contributed by atoms with van der Waals surface area (Å²) in [5.74, 6) is 0. The van der Waals surface area contributed by atoms with Gasteiger partial charge in [0.2, 0.25) is 10.0 Å². The number of aryl methyl sites for hydroxylation is 1. The summed E-state index contributed by atoms with van der Waals surface area (Å²) >= 11 is 0. The van der Waals surface area contributed by atoms with Crippen molar-refractivity contribution < 1.29 is 17.9 Å². The zero-order chi connectivity index (χ0) is 21.1. The van der Waals surface area contributed by atoms with Crippen molar-refractivity contribution >= 4 is 32.7 Å². The SMILES string of the molecule is Cn1ncc2cccc(NS(=O)(=O)C3CCN(C(=O)OCc4ccccc4)CC3)c21. The molecule has 1 aliphatic heterocycles. The highest BCUT2D eigenvalue weighted by atomic mass is 32.2. The Morgan fingerprint density at radius 1 is 1.13 bits per heavy atom. The lowest BCUT2D eigenvalue weighted by molar-refractivity contribution is 0.0897. The molecule has 8 nitrogen and oxygen atoms in total. The molecule has 0 spiro atoms. The second-order valence-corrected chi connectivity index (χ2v) is 9.35. The largest absolute Gasteiger partial charge is 0.445 e. The van der Waals surface area contributed by atoms with Gasteiger partial charge in [-0.15, -0.1) is 0 Å². The van der Waals surface area contributed by atoms with E-state index in [1.165, 1.54) is 0 Å². The number of hydrogen-bond donors (Lipinski definition) is 1. The summed E-state index contributed by atoms with van der Waals surface area (Å²) in [6.07, 6.45) is 2.00. The molecule has 1 fully saturated rings. The van der Waals surface area contributed by atoms with E-state index in [2.05, 4.69) is 9.82 Å². The monoisotopic (exact) mass is 428 g/mol. The number of nitrogens with zero attached hydrogens (tertiary/aromatic N) is 3. The number of carbonyl (C=O) groups excluding carboxylic acids is 1. The standard InChI is InChI=1S/C21H24N4O4S/c1-24-20-17(14-22-24)8-5-9-19(20)23-30(27,28)18-10-12-25(13-11-18)21(26)29-15-16-6-3-2-4-7-16/h2-9,14,18,23H,10-13,15H2,1H3. The molecular weight excluding hydrogens is 404 g/mol. The first-order valence-corrected chi connectivity index (χ1v) is 11.4. The molecule has 0 saturated carbocycles. The van der Waals surface area contributed by atoms with Crippen molar-refractivity contribution in [2.45, 2.75) is 24.7 Å². The molecule has 4 rings (SSSR count). The van der Waals surface area contributed by atoms with Crippen LogP contribution in [0.25, 0.3) is 10.9 Å². The number of nitrogens with one attached hydrogen (secondary N) is 1. The lowest BCUT2D eigenvalue weighted by Crippen LogP contribution is -2.44. The first kappa shape index (κ1) is 20.2. The molecule has 2 aromatic carbocycles. The summed E-state index contributed by atoms with van der Waals surface area (Å²) in [6, 6.07) is 14.9. The third-order valence-corrected chi connectivity index (χ3v) is 7.21. The van der Waals surface area contributed by atoms with E-state index in [1.807, 2.05) is 36.4 Å². The van der Waals surface area contributed by atoms with Crippen LogP contribution in [0.5, 0.6) is 0 Å². The average Bonchev–Trinajstić information content (AvgIpc) is 3.14. The molecule has 2 heterocycles. The normalized spacial score (nSPS) is 15.3. The van der Waals surface area contributed by atoms with Crippen molar-refractivity contribution in [3.63, 3.8) is 0 Å². The molecule has 0 radical (unpaired) electrons. The third-order valence-electron chi connectivity index (χ3n) is 5.36. The quantitative estimate of drug-likeness (QED) is 0.674. The van der Waals surface area contributed by atoms with Crippen LogP contribution in [0, 0.1) is 0 Å². The average molecular weight is 429 g/mol. The number of amides is 1. The van der Waals surface area contributed by atoms with Gasteiger partial charge in [0, 0.05) is 25.5 Å². The minimum Gasteiger partial charge on any atom is -0.445 e. The summed E-state index contributed by atoms with van der Waals surface area (Å²) < 4.78 is 35.6. The van der Waals surface area contributed by atoms with Gasteiger partial charge in [0.1, 0.15) is 6.61 Å². The first-order chi connectivity index (χ1) is 14.4. The fourth-order valence-electron chi connectivity index (χ4n) is 3.71. The summed E-state index contributed by atoms with van der Waals surface area (Å²) in [6.45, 7) is 0.887. The molecule has 0 atom stereocenters. The van der Waals surface area contributed by atoms with Crippen LogP contribution in [0.15, 0.2) is 54.7 Å². The Morgan fingerprint density at radius 2 is 1.87 bits per heavy atom.